The van der Waals surface area contributed by atoms with Crippen LogP contribution in [0.2, 0.25) is 5.15 Å². The first kappa shape index (κ1) is 13.9. The molecule has 0 fully saturated rings. The maximum Gasteiger partial charge on any atom is 0.231 e. The molecule has 1 aromatic carbocycles. The second-order valence-electron chi connectivity index (χ2n) is 5.02. The number of aromatic nitrogens is 2. The van der Waals surface area contributed by atoms with E-state index < -0.39 is 0 Å². The number of benzene rings is 1. The molecule has 1 aliphatic heterocycles. The predicted molar refractivity (Wildman–Crippen MR) is 78.0 cm³/mol. The molecule has 0 N–H and O–H groups in total. The summed E-state index contributed by atoms with van der Waals surface area (Å²) in [5, 5.41) is 0.384. The van der Waals surface area contributed by atoms with E-state index in [0.29, 0.717) is 23.5 Å². The van der Waals surface area contributed by atoms with E-state index in [1.807, 2.05) is 32.0 Å². The Kier molecular flexibility index (Phi) is 3.84. The van der Waals surface area contributed by atoms with Crippen molar-refractivity contribution in [3.8, 4) is 17.4 Å². The van der Waals surface area contributed by atoms with Crippen molar-refractivity contribution in [1.82, 2.24) is 9.97 Å². The highest BCUT2D eigenvalue weighted by Gasteiger charge is 2.14. The zero-order valence-electron chi connectivity index (χ0n) is 11.8. The molecule has 21 heavy (non-hydrogen) atoms. The Morgan fingerprint density at radius 2 is 2.00 bits per heavy atom. The van der Waals surface area contributed by atoms with Crippen molar-refractivity contribution in [3.05, 3.63) is 40.8 Å². The van der Waals surface area contributed by atoms with Crippen molar-refractivity contribution in [3.63, 3.8) is 0 Å². The van der Waals surface area contributed by atoms with Gasteiger partial charge in [-0.15, -0.1) is 0 Å². The Labute approximate surface area is 127 Å². The van der Waals surface area contributed by atoms with Crippen LogP contribution in [-0.2, 0) is 6.61 Å². The molecule has 0 aliphatic carbocycles. The first-order valence-electron chi connectivity index (χ1n) is 6.67. The van der Waals surface area contributed by atoms with Gasteiger partial charge in [-0.05, 0) is 17.7 Å². The summed E-state index contributed by atoms with van der Waals surface area (Å²) in [7, 11) is 0. The van der Waals surface area contributed by atoms with E-state index in [1.54, 1.807) is 6.07 Å². The molecule has 2 aromatic rings. The minimum atomic E-state index is 0.191. The van der Waals surface area contributed by atoms with E-state index in [4.69, 9.17) is 25.8 Å². The maximum absolute atomic E-state index is 5.98. The molecule has 6 heteroatoms. The van der Waals surface area contributed by atoms with Crippen LogP contribution in [0.15, 0.2) is 24.3 Å². The third-order valence-corrected chi connectivity index (χ3v) is 3.22. The fourth-order valence-corrected chi connectivity index (χ4v) is 2.11. The first-order chi connectivity index (χ1) is 10.1. The molecule has 0 bridgehead atoms. The van der Waals surface area contributed by atoms with Crippen LogP contribution in [0, 0.1) is 0 Å². The van der Waals surface area contributed by atoms with Crippen molar-refractivity contribution in [2.45, 2.75) is 26.4 Å². The van der Waals surface area contributed by atoms with Crippen LogP contribution in [0.25, 0.3) is 0 Å². The third-order valence-electron chi connectivity index (χ3n) is 3.03. The number of fused-ring (bicyclic) bond motifs is 1. The summed E-state index contributed by atoms with van der Waals surface area (Å²) in [6.45, 7) is 4.65. The number of ether oxygens (including phenoxy) is 3. The summed E-state index contributed by atoms with van der Waals surface area (Å²) in [4.78, 5) is 8.52. The topological polar surface area (TPSA) is 53.5 Å². The summed E-state index contributed by atoms with van der Waals surface area (Å²) >= 11 is 5.98. The highest BCUT2D eigenvalue weighted by Crippen LogP contribution is 2.32. The average molecular weight is 307 g/mol. The standard InChI is InChI=1S/C15H15ClN2O3/c1-9(2)15-17-13(16)6-14(18-15)19-7-10-3-4-11-12(5-10)21-8-20-11/h3-6,9H,7-8H2,1-2H3. The first-order valence-corrected chi connectivity index (χ1v) is 7.05. The number of halogens is 1. The number of hydrogen-bond acceptors (Lipinski definition) is 5. The predicted octanol–water partition coefficient (Wildman–Crippen LogP) is 3.56. The van der Waals surface area contributed by atoms with Gasteiger partial charge in [-0.2, -0.15) is 4.98 Å². The molecule has 0 amide bonds. The Balaban J connectivity index is 1.73. The van der Waals surface area contributed by atoms with E-state index in [0.717, 1.165) is 17.1 Å². The Bertz CT molecular complexity index is 661. The SMILES string of the molecule is CC(C)c1nc(Cl)cc(OCc2ccc3c(c2)OCO3)n1. The molecule has 1 aliphatic rings. The van der Waals surface area contributed by atoms with Gasteiger partial charge in [-0.25, -0.2) is 4.98 Å². The van der Waals surface area contributed by atoms with Crippen LogP contribution in [0.3, 0.4) is 0 Å². The normalized spacial score (nSPS) is 12.8. The maximum atomic E-state index is 5.98. The lowest BCUT2D eigenvalue weighted by Gasteiger charge is -2.09. The lowest BCUT2D eigenvalue weighted by molar-refractivity contribution is 0.174. The van der Waals surface area contributed by atoms with E-state index >= 15 is 0 Å². The van der Waals surface area contributed by atoms with Crippen LogP contribution in [-0.4, -0.2) is 16.8 Å². The summed E-state index contributed by atoms with van der Waals surface area (Å²) in [6.07, 6.45) is 0. The van der Waals surface area contributed by atoms with Gasteiger partial charge in [0.25, 0.3) is 0 Å². The van der Waals surface area contributed by atoms with Gasteiger partial charge in [0.2, 0.25) is 12.7 Å². The summed E-state index contributed by atoms with van der Waals surface area (Å²) in [6, 6.07) is 7.31. The summed E-state index contributed by atoms with van der Waals surface area (Å²) < 4.78 is 16.3. The number of rotatable bonds is 4. The van der Waals surface area contributed by atoms with Gasteiger partial charge >= 0.3 is 0 Å². The molecular weight excluding hydrogens is 292 g/mol. The lowest BCUT2D eigenvalue weighted by Crippen LogP contribution is -2.03. The third kappa shape index (κ3) is 3.19. The quantitative estimate of drug-likeness (QED) is 0.808. The molecule has 0 atom stereocenters. The molecule has 3 rings (SSSR count). The van der Waals surface area contributed by atoms with Crippen LogP contribution < -0.4 is 14.2 Å². The molecular formula is C15H15ClN2O3. The zero-order chi connectivity index (χ0) is 14.8. The molecule has 0 saturated heterocycles. The summed E-state index contributed by atoms with van der Waals surface area (Å²) in [5.74, 6) is 2.82. The Morgan fingerprint density at radius 3 is 2.81 bits per heavy atom. The van der Waals surface area contributed by atoms with E-state index in [9.17, 15) is 0 Å². The number of hydrogen-bond donors (Lipinski definition) is 0. The average Bonchev–Trinajstić information content (AvgIpc) is 2.92. The van der Waals surface area contributed by atoms with E-state index in [1.165, 1.54) is 0 Å². The van der Waals surface area contributed by atoms with Gasteiger partial charge in [0.15, 0.2) is 11.5 Å². The molecule has 5 nitrogen and oxygen atoms in total. The molecule has 0 saturated carbocycles. The summed E-state index contributed by atoms with van der Waals surface area (Å²) in [5.41, 5.74) is 0.972. The fraction of sp³-hybridized carbons (Fsp3) is 0.333. The van der Waals surface area contributed by atoms with Crippen molar-refractivity contribution >= 4 is 11.6 Å². The molecule has 0 spiro atoms. The van der Waals surface area contributed by atoms with Gasteiger partial charge in [0, 0.05) is 12.0 Å². The lowest BCUT2D eigenvalue weighted by atomic mass is 10.2. The van der Waals surface area contributed by atoms with E-state index in [-0.39, 0.29) is 12.7 Å². The van der Waals surface area contributed by atoms with Gasteiger partial charge in [0.1, 0.15) is 17.6 Å². The highest BCUT2D eigenvalue weighted by molar-refractivity contribution is 6.29. The fourth-order valence-electron chi connectivity index (χ4n) is 1.93. The van der Waals surface area contributed by atoms with Crippen LogP contribution in [0.1, 0.15) is 31.2 Å². The van der Waals surface area contributed by atoms with Crippen LogP contribution >= 0.6 is 11.6 Å². The van der Waals surface area contributed by atoms with Crippen molar-refractivity contribution in [2.24, 2.45) is 0 Å². The monoisotopic (exact) mass is 306 g/mol. The zero-order valence-corrected chi connectivity index (χ0v) is 12.6. The molecule has 1 aromatic heterocycles. The number of nitrogens with zero attached hydrogens (tertiary/aromatic N) is 2. The minimum absolute atomic E-state index is 0.191. The van der Waals surface area contributed by atoms with Crippen molar-refractivity contribution in [2.75, 3.05) is 6.79 Å². The molecule has 110 valence electrons. The van der Waals surface area contributed by atoms with Crippen molar-refractivity contribution in [1.29, 1.82) is 0 Å². The Hall–Kier alpha value is -2.01. The molecule has 0 radical (unpaired) electrons. The van der Waals surface area contributed by atoms with Gasteiger partial charge in [0.05, 0.1) is 0 Å². The van der Waals surface area contributed by atoms with Crippen LogP contribution in [0.5, 0.6) is 17.4 Å². The Morgan fingerprint density at radius 1 is 1.19 bits per heavy atom. The largest absolute Gasteiger partial charge is 0.473 e. The van der Waals surface area contributed by atoms with Gasteiger partial charge < -0.3 is 14.2 Å². The second-order valence-corrected chi connectivity index (χ2v) is 5.41. The van der Waals surface area contributed by atoms with Crippen molar-refractivity contribution < 1.29 is 14.2 Å². The van der Waals surface area contributed by atoms with Crippen LogP contribution in [0.4, 0.5) is 0 Å². The molecule has 2 heterocycles. The smallest absolute Gasteiger partial charge is 0.231 e. The van der Waals surface area contributed by atoms with E-state index in [2.05, 4.69) is 9.97 Å². The van der Waals surface area contributed by atoms with Gasteiger partial charge in [-0.1, -0.05) is 31.5 Å². The minimum Gasteiger partial charge on any atom is -0.473 e. The second kappa shape index (κ2) is 5.77. The highest BCUT2D eigenvalue weighted by atomic mass is 35.5. The molecule has 0 unspecified atom stereocenters. The van der Waals surface area contributed by atoms with Gasteiger partial charge in [-0.3, -0.25) is 0 Å².